The van der Waals surface area contributed by atoms with Gasteiger partial charge in [-0.1, -0.05) is 0 Å². The van der Waals surface area contributed by atoms with E-state index in [4.69, 9.17) is 4.74 Å². The largest absolute Gasteiger partial charge is 0.378 e. The Balaban J connectivity index is 1.26. The van der Waals surface area contributed by atoms with Crippen molar-refractivity contribution in [2.45, 2.75) is 57.0 Å². The van der Waals surface area contributed by atoms with Gasteiger partial charge in [-0.3, -0.25) is 19.5 Å². The van der Waals surface area contributed by atoms with Crippen molar-refractivity contribution in [3.05, 3.63) is 16.3 Å². The molecule has 0 aromatic carbocycles. The smallest absolute Gasteiger partial charge is 0.340 e. The van der Waals surface area contributed by atoms with Gasteiger partial charge in [-0.2, -0.15) is 5.10 Å². The summed E-state index contributed by atoms with van der Waals surface area (Å²) < 4.78 is 5.35. The number of likely N-dealkylation sites (tertiary alicyclic amines) is 1. The SMILES string of the molecule is O=C(CCc1n[nH]c(=O)[nH]1)NC[C@@H]1CC[C@H](CC(=O)N2CCOCC2)N1CC1CC1. The number of aromatic nitrogens is 3. The van der Waals surface area contributed by atoms with Crippen molar-refractivity contribution >= 4 is 11.8 Å². The number of hydrogen-bond donors (Lipinski definition) is 3. The zero-order chi connectivity index (χ0) is 20.9. The van der Waals surface area contributed by atoms with Gasteiger partial charge in [-0.15, -0.1) is 0 Å². The Hall–Kier alpha value is -2.20. The van der Waals surface area contributed by atoms with Crippen molar-refractivity contribution < 1.29 is 14.3 Å². The number of nitrogens with one attached hydrogen (secondary N) is 3. The topological polar surface area (TPSA) is 123 Å². The van der Waals surface area contributed by atoms with Gasteiger partial charge in [0.2, 0.25) is 11.8 Å². The number of carbonyl (C=O) groups excluding carboxylic acids is 2. The van der Waals surface area contributed by atoms with Crippen molar-refractivity contribution in [1.82, 2.24) is 30.3 Å². The summed E-state index contributed by atoms with van der Waals surface area (Å²) in [7, 11) is 0. The van der Waals surface area contributed by atoms with Gasteiger partial charge in [0.15, 0.2) is 0 Å². The van der Waals surface area contributed by atoms with E-state index in [0.717, 1.165) is 25.3 Å². The van der Waals surface area contributed by atoms with E-state index in [0.29, 0.717) is 51.5 Å². The van der Waals surface area contributed by atoms with Crippen LogP contribution < -0.4 is 11.0 Å². The Labute approximate surface area is 175 Å². The first-order chi connectivity index (χ1) is 14.6. The van der Waals surface area contributed by atoms with Crippen LogP contribution in [0.15, 0.2) is 4.79 Å². The van der Waals surface area contributed by atoms with Crippen LogP contribution in [0.2, 0.25) is 0 Å². The first-order valence-corrected chi connectivity index (χ1v) is 11.1. The van der Waals surface area contributed by atoms with Crippen LogP contribution in [-0.2, 0) is 20.7 Å². The van der Waals surface area contributed by atoms with Gasteiger partial charge < -0.3 is 15.0 Å². The molecule has 3 fully saturated rings. The van der Waals surface area contributed by atoms with Gasteiger partial charge in [0, 0.05) is 57.5 Å². The molecule has 0 bridgehead atoms. The molecule has 3 aliphatic rings. The van der Waals surface area contributed by atoms with Crippen LogP contribution in [-0.4, -0.2) is 88.3 Å². The minimum Gasteiger partial charge on any atom is -0.378 e. The molecule has 30 heavy (non-hydrogen) atoms. The van der Waals surface area contributed by atoms with E-state index in [1.807, 2.05) is 4.90 Å². The number of H-pyrrole nitrogens is 2. The Morgan fingerprint density at radius 3 is 2.60 bits per heavy atom. The molecule has 1 aliphatic carbocycles. The molecule has 0 unspecified atom stereocenters. The molecule has 1 saturated carbocycles. The zero-order valence-electron chi connectivity index (χ0n) is 17.4. The quantitative estimate of drug-likeness (QED) is 0.501. The Morgan fingerprint density at radius 1 is 1.13 bits per heavy atom. The molecule has 2 aliphatic heterocycles. The molecule has 1 aromatic heterocycles. The third kappa shape index (κ3) is 5.69. The number of rotatable bonds is 9. The molecule has 2 saturated heterocycles. The number of nitrogens with zero attached hydrogens (tertiary/aromatic N) is 3. The third-order valence-electron chi connectivity index (χ3n) is 6.39. The second kappa shape index (κ2) is 9.74. The average molecular weight is 421 g/mol. The Morgan fingerprint density at radius 2 is 1.90 bits per heavy atom. The number of ether oxygens (including phenoxy) is 1. The minimum absolute atomic E-state index is 0.0435. The van der Waals surface area contributed by atoms with Gasteiger partial charge in [-0.25, -0.2) is 9.89 Å². The van der Waals surface area contributed by atoms with Crippen molar-refractivity contribution in [2.75, 3.05) is 39.4 Å². The van der Waals surface area contributed by atoms with Crippen molar-refractivity contribution in [3.63, 3.8) is 0 Å². The van der Waals surface area contributed by atoms with Gasteiger partial charge in [0.1, 0.15) is 5.82 Å². The zero-order valence-corrected chi connectivity index (χ0v) is 17.4. The van der Waals surface area contributed by atoms with Crippen LogP contribution in [0.1, 0.15) is 44.3 Å². The Kier molecular flexibility index (Phi) is 6.83. The van der Waals surface area contributed by atoms with Crippen molar-refractivity contribution in [3.8, 4) is 0 Å². The maximum Gasteiger partial charge on any atom is 0.340 e. The summed E-state index contributed by atoms with van der Waals surface area (Å²) in [6.07, 6.45) is 5.78. The molecule has 166 valence electrons. The first-order valence-electron chi connectivity index (χ1n) is 11.1. The number of aromatic amines is 2. The molecule has 4 rings (SSSR count). The lowest BCUT2D eigenvalue weighted by molar-refractivity contribution is -0.136. The highest BCUT2D eigenvalue weighted by atomic mass is 16.5. The van der Waals surface area contributed by atoms with E-state index >= 15 is 0 Å². The van der Waals surface area contributed by atoms with Crippen LogP contribution in [0.25, 0.3) is 0 Å². The normalized spacial score (nSPS) is 24.9. The molecule has 3 heterocycles. The number of morpholine rings is 1. The predicted octanol–water partition coefficient (Wildman–Crippen LogP) is -0.361. The van der Waals surface area contributed by atoms with Crippen LogP contribution in [0.4, 0.5) is 0 Å². The number of aryl methyl sites for hydroxylation is 1. The van der Waals surface area contributed by atoms with Gasteiger partial charge in [0.05, 0.1) is 13.2 Å². The second-order valence-corrected chi connectivity index (χ2v) is 8.65. The molecule has 10 nitrogen and oxygen atoms in total. The predicted molar refractivity (Wildman–Crippen MR) is 109 cm³/mol. The monoisotopic (exact) mass is 420 g/mol. The highest BCUT2D eigenvalue weighted by molar-refractivity contribution is 5.77. The average Bonchev–Trinajstić information content (AvgIpc) is 3.36. The molecule has 3 N–H and O–H groups in total. The Bertz CT molecular complexity index is 782. The third-order valence-corrected chi connectivity index (χ3v) is 6.39. The van der Waals surface area contributed by atoms with Crippen LogP contribution in [0, 0.1) is 5.92 Å². The lowest BCUT2D eigenvalue weighted by atomic mass is 10.1. The van der Waals surface area contributed by atoms with Gasteiger partial charge >= 0.3 is 5.69 Å². The van der Waals surface area contributed by atoms with Crippen molar-refractivity contribution in [1.29, 1.82) is 0 Å². The number of carbonyl (C=O) groups is 2. The summed E-state index contributed by atoms with van der Waals surface area (Å²) in [4.78, 5) is 43.0. The lowest BCUT2D eigenvalue weighted by Gasteiger charge is -2.33. The highest BCUT2D eigenvalue weighted by Gasteiger charge is 2.38. The molecule has 10 heteroatoms. The molecule has 0 spiro atoms. The molecule has 0 radical (unpaired) electrons. The summed E-state index contributed by atoms with van der Waals surface area (Å²) in [5.74, 6) is 1.41. The summed E-state index contributed by atoms with van der Waals surface area (Å²) in [5.41, 5.74) is -0.357. The summed E-state index contributed by atoms with van der Waals surface area (Å²) in [5, 5.41) is 9.17. The first kappa shape index (κ1) is 21.0. The fourth-order valence-electron chi connectivity index (χ4n) is 4.47. The number of amides is 2. The molecule has 1 aromatic rings. The molecular formula is C20H32N6O4. The van der Waals surface area contributed by atoms with Crippen LogP contribution in [0.3, 0.4) is 0 Å². The standard InChI is InChI=1S/C20H32N6O4/c27-18(6-5-17-22-20(29)24-23-17)21-12-16-4-3-15(26(16)13-14-1-2-14)11-19(28)25-7-9-30-10-8-25/h14-16H,1-13H2,(H,21,27)(H2,22,23,24,29)/t15-,16+/m1/s1. The van der Waals surface area contributed by atoms with E-state index in [1.165, 1.54) is 12.8 Å². The summed E-state index contributed by atoms with van der Waals surface area (Å²) >= 11 is 0. The minimum atomic E-state index is -0.357. The van der Waals surface area contributed by atoms with Crippen molar-refractivity contribution in [2.24, 2.45) is 5.92 Å². The fourth-order valence-corrected chi connectivity index (χ4v) is 4.47. The number of hydrogen-bond acceptors (Lipinski definition) is 6. The lowest BCUT2D eigenvalue weighted by Crippen LogP contribution is -2.47. The molecule has 2 amide bonds. The summed E-state index contributed by atoms with van der Waals surface area (Å²) in [6, 6.07) is 0.541. The molecule has 2 atom stereocenters. The van der Waals surface area contributed by atoms with Crippen LogP contribution in [0.5, 0.6) is 0 Å². The second-order valence-electron chi connectivity index (χ2n) is 8.65. The van der Waals surface area contributed by atoms with E-state index < -0.39 is 0 Å². The highest BCUT2D eigenvalue weighted by Crippen LogP contribution is 2.35. The van der Waals surface area contributed by atoms with E-state index in [2.05, 4.69) is 25.4 Å². The maximum atomic E-state index is 12.7. The maximum absolute atomic E-state index is 12.7. The van der Waals surface area contributed by atoms with Gasteiger partial charge in [-0.05, 0) is 31.6 Å². The van der Waals surface area contributed by atoms with E-state index in [-0.39, 0.29) is 36.0 Å². The van der Waals surface area contributed by atoms with Gasteiger partial charge in [0.25, 0.3) is 0 Å². The van der Waals surface area contributed by atoms with Crippen LogP contribution >= 0.6 is 0 Å². The summed E-state index contributed by atoms with van der Waals surface area (Å²) in [6.45, 7) is 4.26. The molecular weight excluding hydrogens is 388 g/mol. The van der Waals surface area contributed by atoms with E-state index in [9.17, 15) is 14.4 Å². The van der Waals surface area contributed by atoms with E-state index in [1.54, 1.807) is 0 Å². The fraction of sp³-hybridized carbons (Fsp3) is 0.800.